The second-order valence-electron chi connectivity index (χ2n) is 4.07. The van der Waals surface area contributed by atoms with Gasteiger partial charge in [-0.25, -0.2) is 9.18 Å². The van der Waals surface area contributed by atoms with E-state index in [0.717, 1.165) is 0 Å². The van der Waals surface area contributed by atoms with Crippen molar-refractivity contribution in [3.63, 3.8) is 0 Å². The van der Waals surface area contributed by atoms with Crippen LogP contribution in [0.4, 0.5) is 4.39 Å². The predicted octanol–water partition coefficient (Wildman–Crippen LogP) is 2.12. The van der Waals surface area contributed by atoms with E-state index >= 15 is 0 Å². The van der Waals surface area contributed by atoms with Crippen LogP contribution in [0.15, 0.2) is 23.0 Å². The van der Waals surface area contributed by atoms with Crippen molar-refractivity contribution in [2.75, 3.05) is 0 Å². The first-order valence-corrected chi connectivity index (χ1v) is 4.96. The molecule has 0 fully saturated rings. The Hall–Kier alpha value is -1.58. The number of nitrogens with one attached hydrogen (secondary N) is 1. The summed E-state index contributed by atoms with van der Waals surface area (Å²) >= 11 is 0. The summed E-state index contributed by atoms with van der Waals surface area (Å²) in [6, 6.07) is 4.66. The zero-order valence-corrected chi connectivity index (χ0v) is 8.75. The number of imidazole rings is 1. The summed E-state index contributed by atoms with van der Waals surface area (Å²) in [5, 5.41) is 0. The molecule has 0 unspecified atom stereocenters. The molecule has 0 radical (unpaired) electrons. The molecule has 4 heteroatoms. The van der Waals surface area contributed by atoms with Gasteiger partial charge in [-0.1, -0.05) is 19.9 Å². The summed E-state index contributed by atoms with van der Waals surface area (Å²) in [5.41, 5.74) is 0.681. The summed E-state index contributed by atoms with van der Waals surface area (Å²) in [7, 11) is 0. The molecule has 0 spiro atoms. The molecule has 0 aliphatic rings. The molecule has 0 amide bonds. The van der Waals surface area contributed by atoms with Gasteiger partial charge in [-0.15, -0.1) is 0 Å². The van der Waals surface area contributed by atoms with Gasteiger partial charge in [0, 0.05) is 6.54 Å². The Labute approximate surface area is 86.5 Å². The second kappa shape index (κ2) is 3.53. The first-order valence-electron chi connectivity index (χ1n) is 4.96. The van der Waals surface area contributed by atoms with Gasteiger partial charge in [0.25, 0.3) is 0 Å². The number of hydrogen-bond donors (Lipinski definition) is 1. The average molecular weight is 208 g/mol. The van der Waals surface area contributed by atoms with E-state index in [9.17, 15) is 9.18 Å². The lowest BCUT2D eigenvalue weighted by Gasteiger charge is -2.06. The van der Waals surface area contributed by atoms with Gasteiger partial charge in [0.15, 0.2) is 0 Å². The standard InChI is InChI=1S/C11H13FN2O/c1-7(2)6-14-10-8(12)4-3-5-9(10)13-11(14)15/h3-5,7H,6H2,1-2H3,(H,13,15). The van der Waals surface area contributed by atoms with E-state index in [1.54, 1.807) is 12.1 Å². The van der Waals surface area contributed by atoms with Crippen molar-refractivity contribution in [1.29, 1.82) is 0 Å². The highest BCUT2D eigenvalue weighted by molar-refractivity contribution is 5.75. The van der Waals surface area contributed by atoms with E-state index in [-0.39, 0.29) is 11.5 Å². The summed E-state index contributed by atoms with van der Waals surface area (Å²) < 4.78 is 15.0. The topological polar surface area (TPSA) is 37.8 Å². The van der Waals surface area contributed by atoms with Crippen LogP contribution < -0.4 is 5.69 Å². The number of halogens is 1. The van der Waals surface area contributed by atoms with Gasteiger partial charge < -0.3 is 4.98 Å². The van der Waals surface area contributed by atoms with Crippen LogP contribution in [0.25, 0.3) is 11.0 Å². The smallest absolute Gasteiger partial charge is 0.305 e. The molecule has 0 bridgehead atoms. The second-order valence-corrected chi connectivity index (χ2v) is 4.07. The molecule has 0 saturated heterocycles. The number of para-hydroxylation sites is 1. The number of hydrogen-bond acceptors (Lipinski definition) is 1. The molecule has 15 heavy (non-hydrogen) atoms. The summed E-state index contributed by atoms with van der Waals surface area (Å²) in [6.45, 7) is 4.51. The lowest BCUT2D eigenvalue weighted by molar-refractivity contribution is 0.515. The Morgan fingerprint density at radius 3 is 2.87 bits per heavy atom. The fourth-order valence-corrected chi connectivity index (χ4v) is 1.71. The third-order valence-corrected chi connectivity index (χ3v) is 2.29. The quantitative estimate of drug-likeness (QED) is 0.806. The van der Waals surface area contributed by atoms with Crippen LogP contribution >= 0.6 is 0 Å². The summed E-state index contributed by atoms with van der Waals surface area (Å²) in [5.74, 6) is -0.0483. The monoisotopic (exact) mass is 208 g/mol. The minimum atomic E-state index is -0.355. The van der Waals surface area contributed by atoms with Crippen LogP contribution in [-0.4, -0.2) is 9.55 Å². The molecule has 0 aliphatic carbocycles. The van der Waals surface area contributed by atoms with E-state index in [0.29, 0.717) is 23.5 Å². The Kier molecular flexibility index (Phi) is 2.34. The van der Waals surface area contributed by atoms with E-state index in [1.807, 2.05) is 13.8 Å². The zero-order chi connectivity index (χ0) is 11.0. The molecule has 2 aromatic rings. The molecular weight excluding hydrogens is 195 g/mol. The van der Waals surface area contributed by atoms with E-state index in [1.165, 1.54) is 10.6 Å². The van der Waals surface area contributed by atoms with Crippen LogP contribution in [0.2, 0.25) is 0 Å². The van der Waals surface area contributed by atoms with Crippen molar-refractivity contribution in [3.8, 4) is 0 Å². The minimum Gasteiger partial charge on any atom is -0.305 e. The number of aromatic amines is 1. The number of H-pyrrole nitrogens is 1. The van der Waals surface area contributed by atoms with Crippen LogP contribution in [0.5, 0.6) is 0 Å². The number of fused-ring (bicyclic) bond motifs is 1. The van der Waals surface area contributed by atoms with Gasteiger partial charge in [-0.2, -0.15) is 0 Å². The maximum atomic E-state index is 13.5. The first kappa shape index (κ1) is 9.96. The van der Waals surface area contributed by atoms with Gasteiger partial charge in [-0.3, -0.25) is 4.57 Å². The lowest BCUT2D eigenvalue weighted by Crippen LogP contribution is -2.19. The number of nitrogens with zero attached hydrogens (tertiary/aromatic N) is 1. The molecule has 3 nitrogen and oxygen atoms in total. The van der Waals surface area contributed by atoms with Gasteiger partial charge in [0.2, 0.25) is 0 Å². The van der Waals surface area contributed by atoms with Crippen LogP contribution in [-0.2, 0) is 6.54 Å². The molecule has 0 saturated carbocycles. The van der Waals surface area contributed by atoms with Crippen molar-refractivity contribution in [1.82, 2.24) is 9.55 Å². The molecule has 1 N–H and O–H groups in total. The lowest BCUT2D eigenvalue weighted by atomic mass is 10.2. The van der Waals surface area contributed by atoms with Crippen molar-refractivity contribution in [3.05, 3.63) is 34.5 Å². The maximum absolute atomic E-state index is 13.5. The SMILES string of the molecule is CC(C)Cn1c(=O)[nH]c2cccc(F)c21. The molecule has 1 aromatic heterocycles. The third-order valence-electron chi connectivity index (χ3n) is 2.29. The number of rotatable bonds is 2. The molecule has 2 rings (SSSR count). The highest BCUT2D eigenvalue weighted by atomic mass is 19.1. The average Bonchev–Trinajstić information content (AvgIpc) is 2.43. The van der Waals surface area contributed by atoms with Gasteiger partial charge in [-0.05, 0) is 18.1 Å². The van der Waals surface area contributed by atoms with Crippen molar-refractivity contribution in [2.24, 2.45) is 5.92 Å². The van der Waals surface area contributed by atoms with Crippen LogP contribution in [0.1, 0.15) is 13.8 Å². The summed E-state index contributed by atoms with van der Waals surface area (Å²) in [4.78, 5) is 14.2. The molecule has 80 valence electrons. The number of aromatic nitrogens is 2. The largest absolute Gasteiger partial charge is 0.326 e. The fourth-order valence-electron chi connectivity index (χ4n) is 1.71. The van der Waals surface area contributed by atoms with Crippen molar-refractivity contribution in [2.45, 2.75) is 20.4 Å². The van der Waals surface area contributed by atoms with Gasteiger partial charge in [0.05, 0.1) is 5.52 Å². The molecule has 1 aromatic carbocycles. The van der Waals surface area contributed by atoms with Gasteiger partial charge in [0.1, 0.15) is 11.3 Å². The van der Waals surface area contributed by atoms with E-state index in [2.05, 4.69) is 4.98 Å². The first-order chi connectivity index (χ1) is 7.09. The predicted molar refractivity (Wildman–Crippen MR) is 57.4 cm³/mol. The molecular formula is C11H13FN2O. The fraction of sp³-hybridized carbons (Fsp3) is 0.364. The van der Waals surface area contributed by atoms with Crippen molar-refractivity contribution >= 4 is 11.0 Å². The highest BCUT2D eigenvalue weighted by Crippen LogP contribution is 2.15. The Morgan fingerprint density at radius 2 is 2.20 bits per heavy atom. The zero-order valence-electron chi connectivity index (χ0n) is 8.75. The van der Waals surface area contributed by atoms with Crippen LogP contribution in [0.3, 0.4) is 0 Å². The highest BCUT2D eigenvalue weighted by Gasteiger charge is 2.11. The molecule has 1 heterocycles. The number of benzene rings is 1. The van der Waals surface area contributed by atoms with Crippen molar-refractivity contribution < 1.29 is 4.39 Å². The Morgan fingerprint density at radius 1 is 1.47 bits per heavy atom. The Balaban J connectivity index is 2.71. The van der Waals surface area contributed by atoms with Crippen LogP contribution in [0, 0.1) is 11.7 Å². The van der Waals surface area contributed by atoms with Gasteiger partial charge >= 0.3 is 5.69 Å². The Bertz CT molecular complexity index is 539. The maximum Gasteiger partial charge on any atom is 0.326 e. The summed E-state index contributed by atoms with van der Waals surface area (Å²) in [6.07, 6.45) is 0. The minimum absolute atomic E-state index is 0.246. The third kappa shape index (κ3) is 1.67. The van der Waals surface area contributed by atoms with E-state index < -0.39 is 0 Å². The van der Waals surface area contributed by atoms with E-state index in [4.69, 9.17) is 0 Å². The molecule has 0 atom stereocenters. The normalized spacial score (nSPS) is 11.5. The molecule has 0 aliphatic heterocycles.